The Morgan fingerprint density at radius 2 is 1.92 bits per heavy atom. The molecule has 0 saturated carbocycles. The highest BCUT2D eigenvalue weighted by molar-refractivity contribution is 7.10. The Morgan fingerprint density at radius 1 is 1.17 bits per heavy atom. The predicted molar refractivity (Wildman–Crippen MR) is 97.2 cm³/mol. The van der Waals surface area contributed by atoms with Crippen molar-refractivity contribution in [3.8, 4) is 0 Å². The highest BCUT2D eigenvalue weighted by Crippen LogP contribution is 2.09. The molecule has 2 rings (SSSR count). The van der Waals surface area contributed by atoms with Crippen molar-refractivity contribution in [2.24, 2.45) is 5.10 Å². The highest BCUT2D eigenvalue weighted by Gasteiger charge is 2.06. The molecule has 2 amide bonds. The summed E-state index contributed by atoms with van der Waals surface area (Å²) in [5.74, 6) is -0.350. The van der Waals surface area contributed by atoms with E-state index in [9.17, 15) is 9.59 Å². The first-order chi connectivity index (χ1) is 11.5. The van der Waals surface area contributed by atoms with E-state index in [1.165, 1.54) is 11.3 Å². The van der Waals surface area contributed by atoms with Gasteiger partial charge in [-0.1, -0.05) is 29.8 Å². The summed E-state index contributed by atoms with van der Waals surface area (Å²) < 4.78 is 0. The third kappa shape index (κ3) is 6.52. The van der Waals surface area contributed by atoms with E-state index in [4.69, 9.17) is 11.6 Å². The van der Waals surface area contributed by atoms with Crippen LogP contribution in [0.3, 0.4) is 0 Å². The number of thiophene rings is 1. The van der Waals surface area contributed by atoms with Gasteiger partial charge in [0.25, 0.3) is 0 Å². The molecule has 0 fully saturated rings. The number of halogens is 1. The number of hydrazone groups is 1. The van der Waals surface area contributed by atoms with Gasteiger partial charge in [-0.2, -0.15) is 5.10 Å². The molecule has 1 heterocycles. The molecular formula is C17H18ClN3O2S. The number of nitrogens with one attached hydrogen (secondary N) is 2. The second-order valence-corrected chi connectivity index (χ2v) is 6.69. The van der Waals surface area contributed by atoms with Crippen molar-refractivity contribution in [3.63, 3.8) is 0 Å². The van der Waals surface area contributed by atoms with Gasteiger partial charge in [0.2, 0.25) is 11.8 Å². The first-order valence-corrected chi connectivity index (χ1v) is 8.64. The molecule has 1 aromatic heterocycles. The first-order valence-electron chi connectivity index (χ1n) is 7.38. The smallest absolute Gasteiger partial charge is 0.245 e. The summed E-state index contributed by atoms with van der Waals surface area (Å²) in [6, 6.07) is 11.1. The van der Waals surface area contributed by atoms with Gasteiger partial charge in [-0.15, -0.1) is 11.3 Å². The van der Waals surface area contributed by atoms with Crippen LogP contribution in [0.4, 0.5) is 0 Å². The molecule has 0 atom stereocenters. The fourth-order valence-corrected chi connectivity index (χ4v) is 2.74. The Kier molecular flexibility index (Phi) is 6.96. The number of carbonyl (C=O) groups excluding carboxylic acids is 2. The minimum atomic E-state index is -0.196. The van der Waals surface area contributed by atoms with Crippen LogP contribution in [-0.2, 0) is 22.6 Å². The van der Waals surface area contributed by atoms with Crippen LogP contribution >= 0.6 is 22.9 Å². The van der Waals surface area contributed by atoms with E-state index in [1.807, 2.05) is 29.6 Å². The topological polar surface area (TPSA) is 70.6 Å². The van der Waals surface area contributed by atoms with Crippen LogP contribution in [0.5, 0.6) is 0 Å². The minimum absolute atomic E-state index is 0.132. The molecule has 0 aliphatic carbocycles. The molecule has 0 radical (unpaired) electrons. The molecule has 7 heteroatoms. The van der Waals surface area contributed by atoms with Crippen molar-refractivity contribution in [1.29, 1.82) is 0 Å². The van der Waals surface area contributed by atoms with Gasteiger partial charge >= 0.3 is 0 Å². The molecule has 2 N–H and O–H groups in total. The van der Waals surface area contributed by atoms with Crippen LogP contribution < -0.4 is 10.7 Å². The van der Waals surface area contributed by atoms with Gasteiger partial charge in [-0.3, -0.25) is 9.59 Å². The van der Waals surface area contributed by atoms with E-state index in [2.05, 4.69) is 15.8 Å². The maximum atomic E-state index is 11.9. The molecule has 0 saturated heterocycles. The molecule has 1 aromatic carbocycles. The van der Waals surface area contributed by atoms with Gasteiger partial charge in [0.1, 0.15) is 0 Å². The standard InChI is InChI=1S/C17H18ClN3O2S/c1-12(20-21-17(23)10-15-3-2-8-24-15)9-16(22)19-11-13-4-6-14(18)7-5-13/h2-8H,9-11H2,1H3,(H,19,22)(H,21,23)/b20-12-. The highest BCUT2D eigenvalue weighted by atomic mass is 35.5. The normalized spacial score (nSPS) is 11.2. The quantitative estimate of drug-likeness (QED) is 0.586. The number of nitrogens with zero attached hydrogens (tertiary/aromatic N) is 1. The minimum Gasteiger partial charge on any atom is -0.352 e. The number of amides is 2. The van der Waals surface area contributed by atoms with Crippen molar-refractivity contribution < 1.29 is 9.59 Å². The Hall–Kier alpha value is -2.18. The first kappa shape index (κ1) is 18.2. The van der Waals surface area contributed by atoms with Crippen molar-refractivity contribution in [2.45, 2.75) is 26.3 Å². The molecule has 0 aliphatic heterocycles. The number of carbonyl (C=O) groups is 2. The number of rotatable bonds is 7. The Bertz CT molecular complexity index is 712. The third-order valence-corrected chi connectivity index (χ3v) is 4.23. The second-order valence-electron chi connectivity index (χ2n) is 5.22. The molecule has 24 heavy (non-hydrogen) atoms. The van der Waals surface area contributed by atoms with Crippen LogP contribution in [0.2, 0.25) is 5.02 Å². The lowest BCUT2D eigenvalue weighted by Gasteiger charge is -2.06. The zero-order chi connectivity index (χ0) is 17.4. The Morgan fingerprint density at radius 3 is 2.58 bits per heavy atom. The molecular weight excluding hydrogens is 346 g/mol. The largest absolute Gasteiger partial charge is 0.352 e. The lowest BCUT2D eigenvalue weighted by atomic mass is 10.2. The predicted octanol–water partition coefficient (Wildman–Crippen LogP) is 3.14. The van der Waals surface area contributed by atoms with Gasteiger partial charge in [0, 0.05) is 22.2 Å². The van der Waals surface area contributed by atoms with E-state index in [1.54, 1.807) is 19.1 Å². The van der Waals surface area contributed by atoms with E-state index in [0.717, 1.165) is 10.4 Å². The fraction of sp³-hybridized carbons (Fsp3) is 0.235. The Labute approximate surface area is 149 Å². The van der Waals surface area contributed by atoms with Gasteiger partial charge in [-0.25, -0.2) is 5.43 Å². The van der Waals surface area contributed by atoms with Crippen LogP contribution in [-0.4, -0.2) is 17.5 Å². The summed E-state index contributed by atoms with van der Waals surface area (Å²) in [6.45, 7) is 2.13. The summed E-state index contributed by atoms with van der Waals surface area (Å²) in [5, 5.41) is 9.33. The fourth-order valence-electron chi connectivity index (χ4n) is 1.91. The van der Waals surface area contributed by atoms with E-state index in [-0.39, 0.29) is 24.7 Å². The van der Waals surface area contributed by atoms with Gasteiger partial charge in [0.15, 0.2) is 0 Å². The van der Waals surface area contributed by atoms with Crippen molar-refractivity contribution in [3.05, 3.63) is 57.2 Å². The number of hydrogen-bond donors (Lipinski definition) is 2. The average molecular weight is 364 g/mol. The molecule has 0 spiro atoms. The van der Waals surface area contributed by atoms with Crippen LogP contribution in [0.15, 0.2) is 46.9 Å². The van der Waals surface area contributed by atoms with Crippen LogP contribution in [0, 0.1) is 0 Å². The maximum Gasteiger partial charge on any atom is 0.245 e. The van der Waals surface area contributed by atoms with Gasteiger partial charge < -0.3 is 5.32 Å². The summed E-state index contributed by atoms with van der Waals surface area (Å²) in [6.07, 6.45) is 0.421. The SMILES string of the molecule is C/C(CC(=O)NCc1ccc(Cl)cc1)=N/NC(=O)Cc1cccs1. The van der Waals surface area contributed by atoms with E-state index < -0.39 is 0 Å². The molecule has 0 bridgehead atoms. The van der Waals surface area contributed by atoms with Crippen molar-refractivity contribution >= 4 is 40.5 Å². The summed E-state index contributed by atoms with van der Waals surface area (Å²) in [5.41, 5.74) is 3.98. The summed E-state index contributed by atoms with van der Waals surface area (Å²) >= 11 is 7.33. The summed E-state index contributed by atoms with van der Waals surface area (Å²) in [7, 11) is 0. The lowest BCUT2D eigenvalue weighted by molar-refractivity contribution is -0.121. The Balaban J connectivity index is 1.72. The van der Waals surface area contributed by atoms with Crippen molar-refractivity contribution in [2.75, 3.05) is 0 Å². The van der Waals surface area contributed by atoms with Gasteiger partial charge in [0.05, 0.1) is 12.8 Å². The second kappa shape index (κ2) is 9.20. The maximum absolute atomic E-state index is 11.9. The molecule has 0 aliphatic rings. The lowest BCUT2D eigenvalue weighted by Crippen LogP contribution is -2.26. The van der Waals surface area contributed by atoms with Crippen LogP contribution in [0.1, 0.15) is 23.8 Å². The van der Waals surface area contributed by atoms with Crippen molar-refractivity contribution in [1.82, 2.24) is 10.7 Å². The third-order valence-electron chi connectivity index (χ3n) is 3.11. The van der Waals surface area contributed by atoms with Crippen LogP contribution in [0.25, 0.3) is 0 Å². The van der Waals surface area contributed by atoms with E-state index in [0.29, 0.717) is 17.3 Å². The number of hydrogen-bond acceptors (Lipinski definition) is 4. The van der Waals surface area contributed by atoms with Gasteiger partial charge in [-0.05, 0) is 36.1 Å². The summed E-state index contributed by atoms with van der Waals surface area (Å²) in [4.78, 5) is 24.6. The zero-order valence-electron chi connectivity index (χ0n) is 13.2. The monoisotopic (exact) mass is 363 g/mol. The average Bonchev–Trinajstić information content (AvgIpc) is 3.05. The molecule has 2 aromatic rings. The molecule has 0 unspecified atom stereocenters. The van der Waals surface area contributed by atoms with E-state index >= 15 is 0 Å². The number of benzene rings is 1. The molecule has 5 nitrogen and oxygen atoms in total. The molecule has 126 valence electrons. The zero-order valence-corrected chi connectivity index (χ0v) is 14.8.